The summed E-state index contributed by atoms with van der Waals surface area (Å²) in [4.78, 5) is 0. The minimum atomic E-state index is -1.85. The van der Waals surface area contributed by atoms with Crippen molar-refractivity contribution in [2.75, 3.05) is 6.61 Å². The van der Waals surface area contributed by atoms with Gasteiger partial charge in [0.25, 0.3) is 0 Å². The Morgan fingerprint density at radius 1 is 1.10 bits per heavy atom. The summed E-state index contributed by atoms with van der Waals surface area (Å²) >= 11 is 0. The van der Waals surface area contributed by atoms with Gasteiger partial charge >= 0.3 is 0 Å². The predicted octanol–water partition coefficient (Wildman–Crippen LogP) is 7.18. The number of aliphatic hydroxyl groups is 1. The van der Waals surface area contributed by atoms with Gasteiger partial charge in [-0.3, -0.25) is 0 Å². The molecule has 0 spiro atoms. The van der Waals surface area contributed by atoms with E-state index in [1.807, 2.05) is 0 Å². The van der Waals surface area contributed by atoms with E-state index in [2.05, 4.69) is 65.9 Å². The van der Waals surface area contributed by atoms with Crippen LogP contribution in [0.15, 0.2) is 34.9 Å². The number of hydrogen-bond acceptors (Lipinski definition) is 2. The standard InChI is InChI=1S/C27H44O2Si/c1-25(2,3)30(6,7)29-18-24(28)23-14-13-21-20-12-11-19-10-8-9-16-26(19,4)22(20)15-17-27(21,23)5/h11-12,14,21-22,24,28H,8-10,13,15-18H2,1-7H3/t21-,22-,24-,26-,27-/m0/s1. The molecule has 0 bridgehead atoms. The molecule has 4 aliphatic rings. The van der Waals surface area contributed by atoms with Crippen molar-refractivity contribution in [1.29, 1.82) is 0 Å². The molecule has 4 rings (SSSR count). The van der Waals surface area contributed by atoms with Crippen LogP contribution in [-0.4, -0.2) is 26.1 Å². The molecule has 0 aromatic heterocycles. The molecule has 0 aliphatic heterocycles. The van der Waals surface area contributed by atoms with E-state index in [4.69, 9.17) is 4.43 Å². The number of rotatable bonds is 4. The molecule has 0 saturated heterocycles. The van der Waals surface area contributed by atoms with Crippen LogP contribution < -0.4 is 0 Å². The zero-order valence-corrected chi connectivity index (χ0v) is 21.5. The SMILES string of the molecule is CC(C)(C)[Si](C)(C)OC[C@H](O)C1=CC[C@H]2C3=CC=C4CCCC[C@]4(C)[C@H]3CC[C@]12C. The lowest BCUT2D eigenvalue weighted by Crippen LogP contribution is -2.46. The highest BCUT2D eigenvalue weighted by Gasteiger charge is 2.54. The van der Waals surface area contributed by atoms with E-state index in [0.29, 0.717) is 23.9 Å². The number of fused-ring (bicyclic) bond motifs is 5. The van der Waals surface area contributed by atoms with Crippen LogP contribution in [0.5, 0.6) is 0 Å². The van der Waals surface area contributed by atoms with Crippen LogP contribution in [0.3, 0.4) is 0 Å². The van der Waals surface area contributed by atoms with Gasteiger partial charge in [0.15, 0.2) is 8.32 Å². The molecule has 168 valence electrons. The van der Waals surface area contributed by atoms with Crippen molar-refractivity contribution < 1.29 is 9.53 Å². The maximum Gasteiger partial charge on any atom is 0.192 e. The van der Waals surface area contributed by atoms with E-state index >= 15 is 0 Å². The Balaban J connectivity index is 1.52. The Morgan fingerprint density at radius 3 is 2.53 bits per heavy atom. The van der Waals surface area contributed by atoms with E-state index in [0.717, 1.165) is 6.42 Å². The quantitative estimate of drug-likeness (QED) is 0.379. The lowest BCUT2D eigenvalue weighted by molar-refractivity contribution is 0.0721. The van der Waals surface area contributed by atoms with Gasteiger partial charge in [0.05, 0.1) is 12.7 Å². The van der Waals surface area contributed by atoms with E-state index in [1.165, 1.54) is 44.1 Å². The van der Waals surface area contributed by atoms with Crippen LogP contribution in [0.25, 0.3) is 0 Å². The third kappa shape index (κ3) is 3.44. The van der Waals surface area contributed by atoms with E-state index in [-0.39, 0.29) is 10.5 Å². The van der Waals surface area contributed by atoms with Gasteiger partial charge < -0.3 is 9.53 Å². The second-order valence-electron chi connectivity index (χ2n) is 12.5. The first-order chi connectivity index (χ1) is 13.9. The van der Waals surface area contributed by atoms with Crippen molar-refractivity contribution in [3.05, 3.63) is 34.9 Å². The smallest absolute Gasteiger partial charge is 0.192 e. The minimum Gasteiger partial charge on any atom is -0.414 e. The Labute approximate surface area is 186 Å². The highest BCUT2D eigenvalue weighted by Crippen LogP contribution is 2.63. The van der Waals surface area contributed by atoms with Crippen LogP contribution in [0.4, 0.5) is 0 Å². The van der Waals surface area contributed by atoms with Crippen molar-refractivity contribution in [2.45, 2.75) is 104 Å². The average Bonchev–Trinajstić information content (AvgIpc) is 3.02. The Morgan fingerprint density at radius 2 is 1.83 bits per heavy atom. The molecule has 3 heteroatoms. The number of hydrogen-bond donors (Lipinski definition) is 1. The van der Waals surface area contributed by atoms with Crippen LogP contribution in [0.1, 0.15) is 79.6 Å². The summed E-state index contributed by atoms with van der Waals surface area (Å²) in [6.45, 7) is 16.8. The summed E-state index contributed by atoms with van der Waals surface area (Å²) in [6.07, 6.45) is 15.8. The molecule has 2 nitrogen and oxygen atoms in total. The number of allylic oxidation sites excluding steroid dienone is 5. The molecular weight excluding hydrogens is 384 g/mol. The molecule has 1 N–H and O–H groups in total. The summed E-state index contributed by atoms with van der Waals surface area (Å²) in [5.41, 5.74) is 5.13. The first-order valence-electron chi connectivity index (χ1n) is 12.3. The average molecular weight is 429 g/mol. The van der Waals surface area contributed by atoms with Gasteiger partial charge in [0, 0.05) is 0 Å². The molecular formula is C27H44O2Si. The van der Waals surface area contributed by atoms with Crippen molar-refractivity contribution in [3.8, 4) is 0 Å². The van der Waals surface area contributed by atoms with Crippen LogP contribution in [-0.2, 0) is 4.43 Å². The first-order valence-corrected chi connectivity index (χ1v) is 15.2. The van der Waals surface area contributed by atoms with Gasteiger partial charge in [0.2, 0.25) is 0 Å². The van der Waals surface area contributed by atoms with E-state index < -0.39 is 14.4 Å². The van der Waals surface area contributed by atoms with Crippen molar-refractivity contribution in [1.82, 2.24) is 0 Å². The van der Waals surface area contributed by atoms with Crippen LogP contribution >= 0.6 is 0 Å². The summed E-state index contributed by atoms with van der Waals surface area (Å²) < 4.78 is 6.41. The lowest BCUT2D eigenvalue weighted by atomic mass is 9.50. The molecule has 0 heterocycles. The molecule has 5 atom stereocenters. The van der Waals surface area contributed by atoms with Crippen LogP contribution in [0, 0.1) is 22.7 Å². The molecule has 4 aliphatic carbocycles. The Bertz CT molecular complexity index is 783. The fourth-order valence-corrected chi connectivity index (χ4v) is 7.77. The highest BCUT2D eigenvalue weighted by molar-refractivity contribution is 6.74. The fraction of sp³-hybridized carbons (Fsp3) is 0.778. The largest absolute Gasteiger partial charge is 0.414 e. The van der Waals surface area contributed by atoms with Crippen LogP contribution in [0.2, 0.25) is 18.1 Å². The van der Waals surface area contributed by atoms with E-state index in [9.17, 15) is 5.11 Å². The normalized spacial score (nSPS) is 37.4. The van der Waals surface area contributed by atoms with Crippen molar-refractivity contribution in [3.63, 3.8) is 0 Å². The van der Waals surface area contributed by atoms with E-state index in [1.54, 1.807) is 11.1 Å². The zero-order chi connectivity index (χ0) is 21.9. The molecule has 0 radical (unpaired) electrons. The number of aliphatic hydroxyl groups excluding tert-OH is 1. The maximum absolute atomic E-state index is 11.2. The molecule has 30 heavy (non-hydrogen) atoms. The molecule has 0 aromatic carbocycles. The third-order valence-electron chi connectivity index (χ3n) is 9.90. The van der Waals surface area contributed by atoms with Gasteiger partial charge in [-0.1, -0.05) is 70.4 Å². The van der Waals surface area contributed by atoms with Gasteiger partial charge in [-0.25, -0.2) is 0 Å². The summed E-state index contributed by atoms with van der Waals surface area (Å²) in [6, 6.07) is 0. The van der Waals surface area contributed by atoms with Crippen molar-refractivity contribution in [2.24, 2.45) is 22.7 Å². The topological polar surface area (TPSA) is 29.5 Å². The van der Waals surface area contributed by atoms with Gasteiger partial charge in [0.1, 0.15) is 0 Å². The lowest BCUT2D eigenvalue weighted by Gasteiger charge is -2.54. The van der Waals surface area contributed by atoms with Gasteiger partial charge in [-0.2, -0.15) is 0 Å². The third-order valence-corrected chi connectivity index (χ3v) is 14.4. The first kappa shape index (κ1) is 22.5. The molecule has 0 amide bonds. The van der Waals surface area contributed by atoms with Gasteiger partial charge in [-0.15, -0.1) is 0 Å². The summed E-state index contributed by atoms with van der Waals surface area (Å²) in [5.74, 6) is 1.27. The highest BCUT2D eigenvalue weighted by atomic mass is 28.4. The predicted molar refractivity (Wildman–Crippen MR) is 129 cm³/mol. The Kier molecular flexibility index (Phi) is 5.60. The summed E-state index contributed by atoms with van der Waals surface area (Å²) in [5, 5.41) is 11.4. The minimum absolute atomic E-state index is 0.0922. The fourth-order valence-electron chi connectivity index (χ4n) is 6.77. The van der Waals surface area contributed by atoms with Crippen molar-refractivity contribution >= 4 is 8.32 Å². The molecule has 0 aromatic rings. The zero-order valence-electron chi connectivity index (χ0n) is 20.5. The molecule has 0 unspecified atom stereocenters. The monoisotopic (exact) mass is 428 g/mol. The maximum atomic E-state index is 11.2. The second kappa shape index (κ2) is 7.45. The second-order valence-corrected chi connectivity index (χ2v) is 17.3. The molecule has 2 fully saturated rings. The Hall–Kier alpha value is -0.643. The summed E-state index contributed by atoms with van der Waals surface area (Å²) in [7, 11) is -1.85. The molecule has 2 saturated carbocycles. The van der Waals surface area contributed by atoms with Gasteiger partial charge in [-0.05, 0) is 84.9 Å².